The Balaban J connectivity index is 1.75. The van der Waals surface area contributed by atoms with Gasteiger partial charge in [0.1, 0.15) is 11.8 Å². The third kappa shape index (κ3) is 4.75. The SMILES string of the molecule is CCOc1ccc([C@@H]2C(C(=O)Nc3ccccc3C)=C(C)Nc3nc(CCCO)nn32)cc1. The zero-order valence-corrected chi connectivity index (χ0v) is 19.1. The number of carbonyl (C=O) groups is 1. The molecule has 0 bridgehead atoms. The number of fused-ring (bicyclic) bond motifs is 1. The fraction of sp³-hybridized carbons (Fsp3) is 0.320. The molecule has 8 nitrogen and oxygen atoms in total. The minimum Gasteiger partial charge on any atom is -0.494 e. The Labute approximate surface area is 193 Å². The molecule has 1 aliphatic heterocycles. The van der Waals surface area contributed by atoms with Crippen LogP contribution in [0.15, 0.2) is 59.8 Å². The molecule has 172 valence electrons. The highest BCUT2D eigenvalue weighted by Gasteiger charge is 2.34. The summed E-state index contributed by atoms with van der Waals surface area (Å²) in [4.78, 5) is 18.1. The van der Waals surface area contributed by atoms with Gasteiger partial charge in [-0.15, -0.1) is 0 Å². The summed E-state index contributed by atoms with van der Waals surface area (Å²) < 4.78 is 7.34. The Morgan fingerprint density at radius 1 is 1.18 bits per heavy atom. The lowest BCUT2D eigenvalue weighted by atomic mass is 9.95. The Bertz CT molecular complexity index is 1170. The molecule has 1 aliphatic rings. The first kappa shape index (κ1) is 22.5. The van der Waals surface area contributed by atoms with Crippen molar-refractivity contribution in [1.29, 1.82) is 0 Å². The van der Waals surface area contributed by atoms with Gasteiger partial charge in [0.15, 0.2) is 5.82 Å². The van der Waals surface area contributed by atoms with Gasteiger partial charge in [0.25, 0.3) is 5.91 Å². The monoisotopic (exact) mass is 447 g/mol. The lowest BCUT2D eigenvalue weighted by Gasteiger charge is -2.29. The summed E-state index contributed by atoms with van der Waals surface area (Å²) in [6.07, 6.45) is 1.13. The van der Waals surface area contributed by atoms with Gasteiger partial charge in [-0.05, 0) is 56.5 Å². The molecule has 0 fully saturated rings. The van der Waals surface area contributed by atoms with Crippen molar-refractivity contribution < 1.29 is 14.6 Å². The van der Waals surface area contributed by atoms with Crippen LogP contribution in [-0.2, 0) is 11.2 Å². The first-order valence-electron chi connectivity index (χ1n) is 11.2. The van der Waals surface area contributed by atoms with Crippen LogP contribution >= 0.6 is 0 Å². The molecule has 1 amide bonds. The molecule has 0 saturated heterocycles. The number of ether oxygens (including phenoxy) is 1. The molecule has 4 rings (SSSR count). The van der Waals surface area contributed by atoms with E-state index < -0.39 is 6.04 Å². The van der Waals surface area contributed by atoms with Crippen LogP contribution in [0.4, 0.5) is 11.6 Å². The molecule has 2 aromatic carbocycles. The van der Waals surface area contributed by atoms with Crippen LogP contribution in [0.5, 0.6) is 5.75 Å². The van der Waals surface area contributed by atoms with Gasteiger partial charge in [0, 0.05) is 24.4 Å². The molecule has 3 N–H and O–H groups in total. The van der Waals surface area contributed by atoms with E-state index in [1.54, 1.807) is 4.68 Å². The Hall–Kier alpha value is -3.65. The van der Waals surface area contributed by atoms with E-state index in [0.717, 1.165) is 22.6 Å². The van der Waals surface area contributed by atoms with E-state index in [1.165, 1.54) is 0 Å². The molecule has 8 heteroatoms. The molecule has 33 heavy (non-hydrogen) atoms. The van der Waals surface area contributed by atoms with Crippen LogP contribution in [0.2, 0.25) is 0 Å². The van der Waals surface area contributed by atoms with Crippen molar-refractivity contribution in [3.8, 4) is 5.75 Å². The highest BCUT2D eigenvalue weighted by molar-refractivity contribution is 6.06. The molecule has 3 aromatic rings. The van der Waals surface area contributed by atoms with E-state index in [-0.39, 0.29) is 12.5 Å². The van der Waals surface area contributed by atoms with Crippen molar-refractivity contribution in [1.82, 2.24) is 14.8 Å². The maximum absolute atomic E-state index is 13.5. The van der Waals surface area contributed by atoms with Gasteiger partial charge in [-0.1, -0.05) is 30.3 Å². The molecule has 1 aromatic heterocycles. The number of nitrogens with one attached hydrogen (secondary N) is 2. The lowest BCUT2D eigenvalue weighted by Crippen LogP contribution is -2.31. The topological polar surface area (TPSA) is 101 Å². The molecule has 0 spiro atoms. The normalized spacial score (nSPS) is 15.1. The number of aliphatic hydroxyl groups excluding tert-OH is 1. The Morgan fingerprint density at radius 2 is 1.94 bits per heavy atom. The van der Waals surface area contributed by atoms with Gasteiger partial charge in [0.2, 0.25) is 5.95 Å². The number of para-hydroxylation sites is 1. The second-order valence-corrected chi connectivity index (χ2v) is 7.96. The molecule has 1 atom stereocenters. The number of hydrogen-bond acceptors (Lipinski definition) is 6. The minimum atomic E-state index is -0.462. The number of nitrogens with zero attached hydrogens (tertiary/aromatic N) is 3. The van der Waals surface area contributed by atoms with Gasteiger partial charge in [-0.3, -0.25) is 4.79 Å². The van der Waals surface area contributed by atoms with Crippen LogP contribution in [0.1, 0.15) is 43.3 Å². The summed E-state index contributed by atoms with van der Waals surface area (Å²) in [5.74, 6) is 1.76. The molecule has 0 saturated carbocycles. The van der Waals surface area contributed by atoms with Crippen molar-refractivity contribution in [3.63, 3.8) is 0 Å². The third-order valence-corrected chi connectivity index (χ3v) is 5.60. The average Bonchev–Trinajstić information content (AvgIpc) is 3.21. The summed E-state index contributed by atoms with van der Waals surface area (Å²) in [7, 11) is 0. The highest BCUT2D eigenvalue weighted by Crippen LogP contribution is 2.36. The fourth-order valence-corrected chi connectivity index (χ4v) is 3.96. The summed E-state index contributed by atoms with van der Waals surface area (Å²) in [5.41, 5.74) is 3.93. The zero-order chi connectivity index (χ0) is 23.4. The van der Waals surface area contributed by atoms with Crippen molar-refractivity contribution >= 4 is 17.5 Å². The van der Waals surface area contributed by atoms with E-state index in [0.29, 0.717) is 42.5 Å². The Kier molecular flexibility index (Phi) is 6.74. The number of carbonyl (C=O) groups excluding carboxylic acids is 1. The number of aliphatic hydroxyl groups is 1. The molecule has 0 aliphatic carbocycles. The number of aromatic nitrogens is 3. The highest BCUT2D eigenvalue weighted by atomic mass is 16.5. The molecular weight excluding hydrogens is 418 g/mol. The maximum atomic E-state index is 13.5. The van der Waals surface area contributed by atoms with Crippen LogP contribution < -0.4 is 15.4 Å². The third-order valence-electron chi connectivity index (χ3n) is 5.60. The molecule has 0 radical (unpaired) electrons. The molecule has 2 heterocycles. The Morgan fingerprint density at radius 3 is 2.64 bits per heavy atom. The number of benzene rings is 2. The summed E-state index contributed by atoms with van der Waals surface area (Å²) in [6, 6.07) is 14.9. The van der Waals surface area contributed by atoms with Crippen molar-refractivity contribution in [3.05, 3.63) is 76.8 Å². The number of aryl methyl sites for hydroxylation is 2. The number of anilines is 2. The summed E-state index contributed by atoms with van der Waals surface area (Å²) >= 11 is 0. The van der Waals surface area contributed by atoms with E-state index in [2.05, 4.69) is 20.7 Å². The summed E-state index contributed by atoms with van der Waals surface area (Å²) in [5, 5.41) is 20.2. The van der Waals surface area contributed by atoms with E-state index in [1.807, 2.05) is 69.3 Å². The van der Waals surface area contributed by atoms with E-state index in [9.17, 15) is 9.90 Å². The summed E-state index contributed by atoms with van der Waals surface area (Å²) in [6.45, 7) is 6.43. The number of hydrogen-bond donors (Lipinski definition) is 3. The second-order valence-electron chi connectivity index (χ2n) is 7.96. The van der Waals surface area contributed by atoms with Gasteiger partial charge in [0.05, 0.1) is 12.2 Å². The smallest absolute Gasteiger partial charge is 0.255 e. The van der Waals surface area contributed by atoms with Gasteiger partial charge in [-0.25, -0.2) is 4.68 Å². The van der Waals surface area contributed by atoms with Crippen LogP contribution in [0, 0.1) is 6.92 Å². The quantitative estimate of drug-likeness (QED) is 0.485. The molecule has 0 unspecified atom stereocenters. The number of allylic oxidation sites excluding steroid dienone is 1. The van der Waals surface area contributed by atoms with Gasteiger partial charge in [-0.2, -0.15) is 10.1 Å². The lowest BCUT2D eigenvalue weighted by molar-refractivity contribution is -0.113. The van der Waals surface area contributed by atoms with Crippen LogP contribution in [-0.4, -0.2) is 39.0 Å². The average molecular weight is 448 g/mol. The van der Waals surface area contributed by atoms with Crippen LogP contribution in [0.3, 0.4) is 0 Å². The van der Waals surface area contributed by atoms with Crippen LogP contribution in [0.25, 0.3) is 0 Å². The first-order chi connectivity index (χ1) is 16.0. The van der Waals surface area contributed by atoms with Crippen molar-refractivity contribution in [2.75, 3.05) is 23.8 Å². The zero-order valence-electron chi connectivity index (χ0n) is 19.1. The minimum absolute atomic E-state index is 0.0704. The van der Waals surface area contributed by atoms with E-state index >= 15 is 0 Å². The van der Waals surface area contributed by atoms with Gasteiger partial charge < -0.3 is 20.5 Å². The first-order valence-corrected chi connectivity index (χ1v) is 11.2. The van der Waals surface area contributed by atoms with Gasteiger partial charge >= 0.3 is 0 Å². The maximum Gasteiger partial charge on any atom is 0.255 e. The van der Waals surface area contributed by atoms with Crippen molar-refractivity contribution in [2.24, 2.45) is 0 Å². The fourth-order valence-electron chi connectivity index (χ4n) is 3.96. The number of rotatable bonds is 8. The van der Waals surface area contributed by atoms with E-state index in [4.69, 9.17) is 4.74 Å². The van der Waals surface area contributed by atoms with Crippen molar-refractivity contribution in [2.45, 2.75) is 39.7 Å². The predicted molar refractivity (Wildman–Crippen MR) is 127 cm³/mol. The molecular formula is C25H29N5O3. The standard InChI is InChI=1S/C25H29N5O3/c1-4-33-19-13-11-18(12-14-19)23-22(24(32)27-20-9-6-5-8-16(20)2)17(3)26-25-28-21(10-7-15-31)29-30(23)25/h5-6,8-9,11-14,23,31H,4,7,10,15H2,1-3H3,(H,27,32)(H,26,28,29)/t23-/m1/s1. The predicted octanol–water partition coefficient (Wildman–Crippen LogP) is 3.84. The largest absolute Gasteiger partial charge is 0.494 e. The second kappa shape index (κ2) is 9.87. The number of amides is 1.